The Hall–Kier alpha value is -1.44. The molecule has 0 aliphatic rings. The van der Waals surface area contributed by atoms with Gasteiger partial charge >= 0.3 is 0 Å². The molecule has 106 valence electrons. The molecule has 0 aliphatic heterocycles. The van der Waals surface area contributed by atoms with Crippen molar-refractivity contribution in [3.8, 4) is 0 Å². The zero-order valence-electron chi connectivity index (χ0n) is 9.82. The molecule has 0 spiro atoms. The summed E-state index contributed by atoms with van der Waals surface area (Å²) in [6, 6.07) is 8.72. The number of hydrogen-bond acceptors (Lipinski definition) is 4. The van der Waals surface area contributed by atoms with E-state index < -0.39 is 33.3 Å². The third-order valence-electron chi connectivity index (χ3n) is 2.50. The van der Waals surface area contributed by atoms with Gasteiger partial charge in [0.25, 0.3) is 17.7 Å². The normalized spacial score (nSPS) is 12.3. The maximum atomic E-state index is 12.8. The second kappa shape index (κ2) is 5.16. The number of halogens is 2. The average molecular weight is 335 g/mol. The first kappa shape index (κ1) is 15.0. The highest BCUT2D eigenvalue weighted by Crippen LogP contribution is 2.29. The fourth-order valence-corrected chi connectivity index (χ4v) is 5.82. The van der Waals surface area contributed by atoms with E-state index >= 15 is 0 Å². The van der Waals surface area contributed by atoms with Crippen LogP contribution >= 0.6 is 11.6 Å². The lowest BCUT2D eigenvalue weighted by Crippen LogP contribution is -2.16. The third-order valence-corrected chi connectivity index (χ3v) is 8.11. The van der Waals surface area contributed by atoms with Crippen molar-refractivity contribution in [1.82, 2.24) is 0 Å². The number of hydrogen-bond donors (Lipinski definition) is 0. The molecule has 0 radical (unpaired) electrons. The van der Waals surface area contributed by atoms with Crippen molar-refractivity contribution in [1.29, 1.82) is 0 Å². The lowest BCUT2D eigenvalue weighted by Gasteiger charge is -2.07. The molecule has 0 aliphatic carbocycles. The van der Waals surface area contributed by atoms with Gasteiger partial charge < -0.3 is 0 Å². The second-order valence-corrected chi connectivity index (χ2v) is 9.56. The Balaban J connectivity index is 2.65. The van der Waals surface area contributed by atoms with E-state index in [2.05, 4.69) is 0 Å². The summed E-state index contributed by atoms with van der Waals surface area (Å²) in [6.07, 6.45) is 0. The molecule has 0 fully saturated rings. The molecule has 4 nitrogen and oxygen atoms in total. The standard InChI is InChI=1S/C12H8ClFO4S2/c13-11-3-1-2-4-12(11)20(17,18)19(15,16)10-7-5-9(14)6-8-10/h1-8H. The lowest BCUT2D eigenvalue weighted by molar-refractivity contribution is 0.582. The van der Waals surface area contributed by atoms with Gasteiger partial charge in [0.2, 0.25) is 0 Å². The molecule has 0 heterocycles. The summed E-state index contributed by atoms with van der Waals surface area (Å²) >= 11 is 5.72. The molecule has 0 aromatic heterocycles. The minimum Gasteiger partial charge on any atom is -0.207 e. The zero-order valence-corrected chi connectivity index (χ0v) is 12.2. The number of benzene rings is 2. The predicted molar refractivity (Wildman–Crippen MR) is 72.2 cm³/mol. The Bertz CT molecular complexity index is 843. The van der Waals surface area contributed by atoms with Gasteiger partial charge in [0.1, 0.15) is 10.7 Å². The Morgan fingerprint density at radius 1 is 0.800 bits per heavy atom. The Kier molecular flexibility index (Phi) is 3.86. The first-order valence-corrected chi connectivity index (χ1v) is 9.13. The summed E-state index contributed by atoms with van der Waals surface area (Å²) in [5.41, 5.74) is 0. The lowest BCUT2D eigenvalue weighted by atomic mass is 10.4. The van der Waals surface area contributed by atoms with Crippen molar-refractivity contribution in [3.05, 3.63) is 59.4 Å². The molecule has 0 saturated heterocycles. The van der Waals surface area contributed by atoms with Crippen LogP contribution < -0.4 is 0 Å². The molecule has 8 heteroatoms. The van der Waals surface area contributed by atoms with Crippen LogP contribution in [-0.4, -0.2) is 16.8 Å². The Morgan fingerprint density at radius 2 is 1.35 bits per heavy atom. The molecule has 2 aromatic carbocycles. The maximum Gasteiger partial charge on any atom is 0.287 e. The van der Waals surface area contributed by atoms with Crippen LogP contribution in [0.25, 0.3) is 0 Å². The fourth-order valence-electron chi connectivity index (χ4n) is 1.49. The minimum atomic E-state index is -4.72. The molecule has 0 saturated carbocycles. The zero-order chi connectivity index (χ0) is 15.0. The summed E-state index contributed by atoms with van der Waals surface area (Å²) < 4.78 is 61.5. The van der Waals surface area contributed by atoms with E-state index in [1.807, 2.05) is 0 Å². The van der Waals surface area contributed by atoms with Gasteiger partial charge in [-0.25, -0.2) is 21.2 Å². The van der Waals surface area contributed by atoms with E-state index in [9.17, 15) is 21.2 Å². The van der Waals surface area contributed by atoms with Crippen LogP contribution in [0.1, 0.15) is 0 Å². The Labute approximate surface area is 120 Å². The first-order valence-electron chi connectivity index (χ1n) is 5.27. The largest absolute Gasteiger partial charge is 0.287 e. The summed E-state index contributed by atoms with van der Waals surface area (Å²) in [5.74, 6) is -0.668. The summed E-state index contributed by atoms with van der Waals surface area (Å²) in [6.45, 7) is 0. The highest BCUT2D eigenvalue weighted by Gasteiger charge is 2.35. The fraction of sp³-hybridized carbons (Fsp3) is 0. The quantitative estimate of drug-likeness (QED) is 0.809. The van der Waals surface area contributed by atoms with Gasteiger partial charge in [0.15, 0.2) is 0 Å². The van der Waals surface area contributed by atoms with Gasteiger partial charge in [-0.15, -0.1) is 0 Å². The molecule has 2 rings (SSSR count). The molecule has 0 bridgehead atoms. The van der Waals surface area contributed by atoms with Crippen LogP contribution in [0.5, 0.6) is 0 Å². The minimum absolute atomic E-state index is 0.196. The molecule has 0 unspecified atom stereocenters. The van der Waals surface area contributed by atoms with Crippen LogP contribution in [0.4, 0.5) is 4.39 Å². The molecule has 0 N–H and O–H groups in total. The van der Waals surface area contributed by atoms with Gasteiger partial charge in [0, 0.05) is 0 Å². The van der Waals surface area contributed by atoms with Crippen molar-refractivity contribution in [2.75, 3.05) is 0 Å². The summed E-state index contributed by atoms with van der Waals surface area (Å²) in [5, 5.41) is -0.196. The van der Waals surface area contributed by atoms with E-state index in [0.717, 1.165) is 30.3 Å². The molecular formula is C12H8ClFO4S2. The first-order chi connectivity index (χ1) is 9.26. The van der Waals surface area contributed by atoms with Gasteiger partial charge in [-0.3, -0.25) is 0 Å². The molecule has 0 atom stereocenters. The second-order valence-electron chi connectivity index (χ2n) is 3.79. The van der Waals surface area contributed by atoms with Crippen LogP contribution in [0.3, 0.4) is 0 Å². The maximum absolute atomic E-state index is 12.8. The predicted octanol–water partition coefficient (Wildman–Crippen LogP) is 2.64. The summed E-state index contributed by atoms with van der Waals surface area (Å²) in [4.78, 5) is -1.02. The van der Waals surface area contributed by atoms with E-state index in [4.69, 9.17) is 11.6 Å². The van der Waals surface area contributed by atoms with Crippen LogP contribution in [-0.2, 0) is 17.7 Å². The van der Waals surface area contributed by atoms with Crippen molar-refractivity contribution >= 4 is 29.3 Å². The SMILES string of the molecule is O=S(=O)(c1ccc(F)cc1)S(=O)(=O)c1ccccc1Cl. The van der Waals surface area contributed by atoms with Crippen molar-refractivity contribution < 1.29 is 21.2 Å². The van der Waals surface area contributed by atoms with Crippen LogP contribution in [0.2, 0.25) is 5.02 Å². The molecule has 2 aromatic rings. The summed E-state index contributed by atoms with van der Waals surface area (Å²) in [7, 11) is -9.43. The van der Waals surface area contributed by atoms with Gasteiger partial charge in [0.05, 0.1) is 9.92 Å². The van der Waals surface area contributed by atoms with Crippen molar-refractivity contribution in [3.63, 3.8) is 0 Å². The van der Waals surface area contributed by atoms with E-state index in [1.54, 1.807) is 0 Å². The highest BCUT2D eigenvalue weighted by atomic mass is 35.5. The third kappa shape index (κ3) is 2.44. The van der Waals surface area contributed by atoms with Crippen molar-refractivity contribution in [2.45, 2.75) is 9.79 Å². The van der Waals surface area contributed by atoms with Crippen LogP contribution in [0.15, 0.2) is 58.3 Å². The van der Waals surface area contributed by atoms with E-state index in [0.29, 0.717) is 0 Å². The monoisotopic (exact) mass is 334 g/mol. The Morgan fingerprint density at radius 3 is 1.90 bits per heavy atom. The van der Waals surface area contributed by atoms with Gasteiger partial charge in [-0.2, -0.15) is 0 Å². The molecule has 0 amide bonds. The van der Waals surface area contributed by atoms with Crippen molar-refractivity contribution in [2.24, 2.45) is 0 Å². The van der Waals surface area contributed by atoms with Gasteiger partial charge in [-0.05, 0) is 36.4 Å². The van der Waals surface area contributed by atoms with E-state index in [-0.39, 0.29) is 5.02 Å². The molecular weight excluding hydrogens is 327 g/mol. The topological polar surface area (TPSA) is 68.3 Å². The highest BCUT2D eigenvalue weighted by molar-refractivity contribution is 8.67. The smallest absolute Gasteiger partial charge is 0.207 e. The van der Waals surface area contributed by atoms with Gasteiger partial charge in [-0.1, -0.05) is 23.7 Å². The number of rotatable bonds is 3. The molecule has 20 heavy (non-hydrogen) atoms. The van der Waals surface area contributed by atoms with E-state index in [1.165, 1.54) is 18.2 Å². The van der Waals surface area contributed by atoms with Crippen LogP contribution in [0, 0.1) is 5.82 Å². The average Bonchev–Trinajstić information content (AvgIpc) is 2.39.